The van der Waals surface area contributed by atoms with Crippen LogP contribution in [0.4, 0.5) is 5.69 Å². The van der Waals surface area contributed by atoms with Crippen molar-refractivity contribution in [1.82, 2.24) is 4.98 Å². The van der Waals surface area contributed by atoms with E-state index in [0.29, 0.717) is 10.7 Å². The van der Waals surface area contributed by atoms with Crippen LogP contribution in [0.25, 0.3) is 0 Å². The SMILES string of the molecule is CCc1cc(Br)ccc1NC(=O)c1ccc(Cl)nc1. The fraction of sp³-hybridized carbons (Fsp3) is 0.143. The summed E-state index contributed by atoms with van der Waals surface area (Å²) in [5.41, 5.74) is 2.37. The topological polar surface area (TPSA) is 42.0 Å². The van der Waals surface area contributed by atoms with Crippen LogP contribution in [0.3, 0.4) is 0 Å². The smallest absolute Gasteiger partial charge is 0.257 e. The normalized spacial score (nSPS) is 10.3. The first-order valence-electron chi connectivity index (χ1n) is 5.81. The third kappa shape index (κ3) is 3.55. The van der Waals surface area contributed by atoms with Crippen molar-refractivity contribution < 1.29 is 4.79 Å². The molecule has 0 atom stereocenters. The van der Waals surface area contributed by atoms with E-state index >= 15 is 0 Å². The summed E-state index contributed by atoms with van der Waals surface area (Å²) in [4.78, 5) is 16.0. The van der Waals surface area contributed by atoms with Gasteiger partial charge in [-0.15, -0.1) is 0 Å². The molecule has 3 nitrogen and oxygen atoms in total. The van der Waals surface area contributed by atoms with E-state index in [2.05, 4.69) is 26.2 Å². The molecule has 19 heavy (non-hydrogen) atoms. The van der Waals surface area contributed by atoms with Gasteiger partial charge in [0.2, 0.25) is 0 Å². The number of nitrogens with one attached hydrogen (secondary N) is 1. The van der Waals surface area contributed by atoms with Crippen LogP contribution in [0, 0.1) is 0 Å². The lowest BCUT2D eigenvalue weighted by Gasteiger charge is -2.10. The van der Waals surface area contributed by atoms with Crippen molar-refractivity contribution in [2.75, 3.05) is 5.32 Å². The monoisotopic (exact) mass is 338 g/mol. The summed E-state index contributed by atoms with van der Waals surface area (Å²) < 4.78 is 0.996. The van der Waals surface area contributed by atoms with Gasteiger partial charge in [0.15, 0.2) is 0 Å². The number of carbonyl (C=O) groups is 1. The molecule has 0 saturated heterocycles. The number of hydrogen-bond acceptors (Lipinski definition) is 2. The van der Waals surface area contributed by atoms with Crippen molar-refractivity contribution in [3.8, 4) is 0 Å². The third-order valence-corrected chi connectivity index (χ3v) is 3.40. The average molecular weight is 340 g/mol. The van der Waals surface area contributed by atoms with Gasteiger partial charge in [0.05, 0.1) is 5.56 Å². The van der Waals surface area contributed by atoms with E-state index in [1.807, 2.05) is 25.1 Å². The van der Waals surface area contributed by atoms with Crippen LogP contribution in [0.2, 0.25) is 5.15 Å². The molecule has 1 aromatic heterocycles. The van der Waals surface area contributed by atoms with Gasteiger partial charge < -0.3 is 5.32 Å². The fourth-order valence-corrected chi connectivity index (χ4v) is 2.20. The predicted octanol–water partition coefficient (Wildman–Crippen LogP) is 4.31. The highest BCUT2D eigenvalue weighted by molar-refractivity contribution is 9.10. The van der Waals surface area contributed by atoms with Crippen LogP contribution in [-0.2, 0) is 6.42 Å². The highest BCUT2D eigenvalue weighted by Gasteiger charge is 2.09. The summed E-state index contributed by atoms with van der Waals surface area (Å²) in [7, 11) is 0. The Morgan fingerprint density at radius 1 is 1.37 bits per heavy atom. The maximum Gasteiger partial charge on any atom is 0.257 e. The largest absolute Gasteiger partial charge is 0.322 e. The number of anilines is 1. The molecule has 0 unspecified atom stereocenters. The van der Waals surface area contributed by atoms with Crippen molar-refractivity contribution in [1.29, 1.82) is 0 Å². The summed E-state index contributed by atoms with van der Waals surface area (Å²) in [6.45, 7) is 2.04. The summed E-state index contributed by atoms with van der Waals surface area (Å²) >= 11 is 9.11. The van der Waals surface area contributed by atoms with E-state index in [9.17, 15) is 4.79 Å². The Hall–Kier alpha value is -1.39. The molecule has 0 spiro atoms. The molecule has 1 aromatic carbocycles. The number of carbonyl (C=O) groups excluding carboxylic acids is 1. The third-order valence-electron chi connectivity index (χ3n) is 2.69. The van der Waals surface area contributed by atoms with E-state index in [4.69, 9.17) is 11.6 Å². The molecule has 2 aromatic rings. The zero-order chi connectivity index (χ0) is 13.8. The molecular weight excluding hydrogens is 328 g/mol. The minimum Gasteiger partial charge on any atom is -0.322 e. The second-order valence-electron chi connectivity index (χ2n) is 3.98. The number of rotatable bonds is 3. The molecule has 1 heterocycles. The van der Waals surface area contributed by atoms with E-state index < -0.39 is 0 Å². The quantitative estimate of drug-likeness (QED) is 0.847. The Morgan fingerprint density at radius 2 is 2.16 bits per heavy atom. The molecule has 1 amide bonds. The van der Waals surface area contributed by atoms with Gasteiger partial charge in [-0.25, -0.2) is 4.98 Å². The van der Waals surface area contributed by atoms with Crippen molar-refractivity contribution in [2.45, 2.75) is 13.3 Å². The van der Waals surface area contributed by atoms with E-state index in [1.54, 1.807) is 12.1 Å². The highest BCUT2D eigenvalue weighted by Crippen LogP contribution is 2.22. The standard InChI is InChI=1S/C14H12BrClN2O/c1-2-9-7-11(15)4-5-12(9)18-14(19)10-3-6-13(16)17-8-10/h3-8H,2H2,1H3,(H,18,19). The van der Waals surface area contributed by atoms with Crippen molar-refractivity contribution >= 4 is 39.1 Å². The van der Waals surface area contributed by atoms with Crippen LogP contribution in [0.1, 0.15) is 22.8 Å². The Kier molecular flexibility index (Phi) is 4.56. The molecule has 0 fully saturated rings. The molecule has 1 N–H and O–H groups in total. The summed E-state index contributed by atoms with van der Waals surface area (Å²) in [5.74, 6) is -0.193. The number of pyridine rings is 1. The predicted molar refractivity (Wildman–Crippen MR) is 80.7 cm³/mol. The number of nitrogens with zero attached hydrogens (tertiary/aromatic N) is 1. The zero-order valence-corrected chi connectivity index (χ0v) is 12.6. The first-order chi connectivity index (χ1) is 9.10. The lowest BCUT2D eigenvalue weighted by atomic mass is 10.1. The number of benzene rings is 1. The van der Waals surface area contributed by atoms with Crippen LogP contribution < -0.4 is 5.32 Å². The van der Waals surface area contributed by atoms with Gasteiger partial charge in [0.25, 0.3) is 5.91 Å². The van der Waals surface area contributed by atoms with E-state index in [1.165, 1.54) is 6.20 Å². The Balaban J connectivity index is 2.21. The lowest BCUT2D eigenvalue weighted by Crippen LogP contribution is -2.13. The Bertz CT molecular complexity index is 599. The second kappa shape index (κ2) is 6.17. The molecule has 2 rings (SSSR count). The number of halogens is 2. The highest BCUT2D eigenvalue weighted by atomic mass is 79.9. The minimum absolute atomic E-state index is 0.193. The molecule has 0 radical (unpaired) electrons. The van der Waals surface area contributed by atoms with Gasteiger partial charge in [-0.05, 0) is 42.3 Å². The molecular formula is C14H12BrClN2O. The average Bonchev–Trinajstić information content (AvgIpc) is 2.41. The Labute approximate surface area is 125 Å². The van der Waals surface area contributed by atoms with E-state index in [-0.39, 0.29) is 5.91 Å². The summed E-state index contributed by atoms with van der Waals surface area (Å²) in [6, 6.07) is 9.02. The first-order valence-corrected chi connectivity index (χ1v) is 6.98. The molecule has 0 aliphatic carbocycles. The summed E-state index contributed by atoms with van der Waals surface area (Å²) in [5, 5.41) is 3.25. The van der Waals surface area contributed by atoms with Crippen molar-refractivity contribution in [3.05, 3.63) is 57.3 Å². The molecule has 98 valence electrons. The van der Waals surface area contributed by atoms with Crippen LogP contribution >= 0.6 is 27.5 Å². The Morgan fingerprint density at radius 3 is 2.79 bits per heavy atom. The number of hydrogen-bond donors (Lipinski definition) is 1. The second-order valence-corrected chi connectivity index (χ2v) is 5.28. The number of aryl methyl sites for hydroxylation is 1. The minimum atomic E-state index is -0.193. The van der Waals surface area contributed by atoms with E-state index in [0.717, 1.165) is 22.1 Å². The molecule has 0 aliphatic heterocycles. The molecule has 0 aliphatic rings. The first kappa shape index (κ1) is 14.0. The van der Waals surface area contributed by atoms with Gasteiger partial charge in [-0.3, -0.25) is 4.79 Å². The molecule has 0 bridgehead atoms. The maximum absolute atomic E-state index is 12.1. The van der Waals surface area contributed by atoms with Crippen LogP contribution in [0.5, 0.6) is 0 Å². The fourth-order valence-electron chi connectivity index (χ4n) is 1.68. The number of amides is 1. The maximum atomic E-state index is 12.1. The van der Waals surface area contributed by atoms with Gasteiger partial charge in [-0.2, -0.15) is 0 Å². The summed E-state index contributed by atoms with van der Waals surface area (Å²) in [6.07, 6.45) is 2.30. The van der Waals surface area contributed by atoms with Gasteiger partial charge in [0, 0.05) is 16.4 Å². The lowest BCUT2D eigenvalue weighted by molar-refractivity contribution is 0.102. The molecule has 5 heteroatoms. The number of aromatic nitrogens is 1. The van der Waals surface area contributed by atoms with Gasteiger partial charge in [-0.1, -0.05) is 34.5 Å². The van der Waals surface area contributed by atoms with Crippen molar-refractivity contribution in [3.63, 3.8) is 0 Å². The van der Waals surface area contributed by atoms with Gasteiger partial charge >= 0.3 is 0 Å². The van der Waals surface area contributed by atoms with Crippen LogP contribution in [-0.4, -0.2) is 10.9 Å². The molecule has 0 saturated carbocycles. The van der Waals surface area contributed by atoms with Crippen LogP contribution in [0.15, 0.2) is 41.0 Å². The van der Waals surface area contributed by atoms with Crippen molar-refractivity contribution in [2.24, 2.45) is 0 Å². The van der Waals surface area contributed by atoms with Gasteiger partial charge in [0.1, 0.15) is 5.15 Å². The zero-order valence-electron chi connectivity index (χ0n) is 10.3.